The number of nitrogens with zero attached hydrogens (tertiary/aromatic N) is 16. The number of aliphatic hydroxyl groups excluding tert-OH is 1. The Morgan fingerprint density at radius 1 is 0.523 bits per heavy atom. The van der Waals surface area contributed by atoms with Gasteiger partial charge in [-0.15, -0.1) is 15.3 Å². The van der Waals surface area contributed by atoms with Gasteiger partial charge in [-0.1, -0.05) is 79.7 Å². The van der Waals surface area contributed by atoms with Crippen LogP contribution in [0.4, 0.5) is 26.3 Å². The predicted octanol–water partition coefficient (Wildman–Crippen LogP) is 17.7. The molecule has 4 fully saturated rings. The van der Waals surface area contributed by atoms with Crippen molar-refractivity contribution in [3.8, 4) is 67.9 Å². The van der Waals surface area contributed by atoms with Crippen molar-refractivity contribution in [1.82, 2.24) is 80.1 Å². The first kappa shape index (κ1) is 72.9. The number of ketones is 1. The maximum absolute atomic E-state index is 14.5. The molecule has 0 amide bonds. The molecule has 25 heteroatoms. The van der Waals surface area contributed by atoms with E-state index < -0.39 is 51.1 Å². The van der Waals surface area contributed by atoms with E-state index in [9.17, 15) is 36.2 Å². The molecule has 3 aromatic carbocycles. The Morgan fingerprint density at radius 3 is 1.41 bits per heavy atom. The summed E-state index contributed by atoms with van der Waals surface area (Å²) < 4.78 is 96.7. The van der Waals surface area contributed by atoms with E-state index in [2.05, 4.69) is 115 Å². The summed E-state index contributed by atoms with van der Waals surface area (Å²) >= 11 is 0. The minimum absolute atomic E-state index is 0.0258. The normalized spacial score (nSPS) is 23.6. The van der Waals surface area contributed by atoms with Crippen LogP contribution in [0.2, 0.25) is 0 Å². The number of carbonyl (C=O) groups is 1. The number of aryl methyl sites for hydroxylation is 1. The van der Waals surface area contributed by atoms with Crippen molar-refractivity contribution in [3.63, 3.8) is 0 Å². The van der Waals surface area contributed by atoms with E-state index in [0.717, 1.165) is 137 Å². The van der Waals surface area contributed by atoms with Crippen LogP contribution in [-0.2, 0) is 27.5 Å². The van der Waals surface area contributed by atoms with Gasteiger partial charge in [0.05, 0.1) is 145 Å². The molecule has 7 aliphatic rings. The second-order valence-corrected chi connectivity index (χ2v) is 32.8. The van der Waals surface area contributed by atoms with E-state index in [0.29, 0.717) is 36.2 Å². The number of hydrogen-bond donors (Lipinski definition) is 1. The molecular formula is C86H82F6N16O3. The maximum Gasteiger partial charge on any atom is 0.246 e. The highest BCUT2D eigenvalue weighted by atomic mass is 19.2. The minimum Gasteiger partial charge on any atom is -0.443 e. The van der Waals surface area contributed by atoms with Crippen molar-refractivity contribution >= 4 is 5.78 Å². The number of fused-ring (bicyclic) bond motifs is 15. The molecule has 12 aromatic rings. The van der Waals surface area contributed by atoms with Crippen molar-refractivity contribution in [2.24, 2.45) is 22.2 Å². The monoisotopic (exact) mass is 1500 g/mol. The molecule has 0 radical (unpaired) electrons. The van der Waals surface area contributed by atoms with Crippen LogP contribution in [0.25, 0.3) is 67.9 Å². The van der Waals surface area contributed by atoms with E-state index in [1.54, 1.807) is 48.7 Å². The van der Waals surface area contributed by atoms with Gasteiger partial charge in [0, 0.05) is 42.3 Å². The molecule has 566 valence electrons. The summed E-state index contributed by atoms with van der Waals surface area (Å²) in [7, 11) is 0. The Hall–Kier alpha value is -11.0. The summed E-state index contributed by atoms with van der Waals surface area (Å²) in [6, 6.07) is 23.3. The van der Waals surface area contributed by atoms with Crippen LogP contribution in [0.5, 0.6) is 0 Å². The first-order chi connectivity index (χ1) is 53.3. The van der Waals surface area contributed by atoms with Crippen molar-refractivity contribution in [3.05, 3.63) is 238 Å². The topological polar surface area (TPSA) is 241 Å². The van der Waals surface area contributed by atoms with Crippen LogP contribution in [0.1, 0.15) is 213 Å². The summed E-state index contributed by atoms with van der Waals surface area (Å²) in [5.41, 5.74) is 10.5. The minimum atomic E-state index is -0.668. The zero-order valence-electron chi connectivity index (χ0n) is 63.0. The fourth-order valence-electron chi connectivity index (χ4n) is 20.1. The number of aliphatic hydroxyl groups is 1. The molecule has 111 heavy (non-hydrogen) atoms. The number of Topliss-reactive ketones (excluding diaryl/α,β-unsaturated/α-hetero) is 1. The smallest absolute Gasteiger partial charge is 0.246 e. The highest BCUT2D eigenvalue weighted by Crippen LogP contribution is 2.72. The molecular weight excluding hydrogens is 1420 g/mol. The molecule has 9 aromatic heterocycles. The lowest BCUT2D eigenvalue weighted by molar-refractivity contribution is -0.117. The summed E-state index contributed by atoms with van der Waals surface area (Å²) in [6.07, 6.45) is 25.4. The van der Waals surface area contributed by atoms with Crippen LogP contribution in [0, 0.1) is 57.1 Å². The molecule has 9 heterocycles. The van der Waals surface area contributed by atoms with Crippen molar-refractivity contribution in [2.45, 2.75) is 179 Å². The van der Waals surface area contributed by atoms with E-state index in [1.807, 2.05) is 55.8 Å². The second kappa shape index (κ2) is 27.2. The van der Waals surface area contributed by atoms with Gasteiger partial charge in [-0.3, -0.25) is 24.3 Å². The van der Waals surface area contributed by atoms with Gasteiger partial charge in [-0.05, 0) is 194 Å². The molecule has 0 aliphatic heterocycles. The standard InChI is InChI=1S/C29H28F2N6.C29H29F2N5O.C28H25F2N5O2/c1-16-9-18(10-16)37-15-17(12-33-37)24-13-32-14-25(34-24)29-8-7-20(28(29,2)3)19-11-23(35-36-27(19)29)26-21(30)5-4-6-22(26)31;1-4-18(16-37)36-15-17(14-32-36)23-9-6-10-25(33-23)29-12-11-20(28(29,2)3)19-13-24(34-35-27(19)29)26-21(30)7-5-8-22(26)31;1-15(36)7-8-16-14-37-26(32-16)22-12-31-13-23(33-22)28-10-9-18(27(28,2)3)17-11-21(34-35-25(17)28)24-19(29)5-4-6-20(24)30/h4-6,11-16,18,20H,7-10H2,1-3H3;5-10,13-15,18,20,37H,4,11-12,16H2,1-3H3;4-6,11-14,18H,7-10H2,1-3H3/t16?,18?,20-,29-;18?,20-,29-;18-,28-/m000/s1. The summed E-state index contributed by atoms with van der Waals surface area (Å²) in [6.45, 7) is 19.1. The van der Waals surface area contributed by atoms with E-state index in [1.165, 1.54) is 54.6 Å². The number of benzene rings is 3. The highest BCUT2D eigenvalue weighted by Gasteiger charge is 2.68. The summed E-state index contributed by atoms with van der Waals surface area (Å²) in [4.78, 5) is 40.1. The number of halogens is 6. The summed E-state index contributed by atoms with van der Waals surface area (Å²) in [5.74, 6) is -2.25. The van der Waals surface area contributed by atoms with Gasteiger partial charge in [-0.2, -0.15) is 25.5 Å². The van der Waals surface area contributed by atoms with Crippen LogP contribution < -0.4 is 0 Å². The Morgan fingerprint density at radius 2 is 0.955 bits per heavy atom. The molecule has 19 rings (SSSR count). The van der Waals surface area contributed by atoms with E-state index >= 15 is 0 Å². The Balaban J connectivity index is 0.000000121. The average Bonchev–Trinajstić information content (AvgIpc) is 1.53. The van der Waals surface area contributed by atoms with Gasteiger partial charge in [0.1, 0.15) is 52.6 Å². The molecule has 1 unspecified atom stereocenters. The lowest BCUT2D eigenvalue weighted by atomic mass is 9.66. The molecule has 0 spiro atoms. The quantitative estimate of drug-likeness (QED) is 0.0884. The molecule has 19 nitrogen and oxygen atoms in total. The molecule has 0 saturated heterocycles. The van der Waals surface area contributed by atoms with Gasteiger partial charge in [0.15, 0.2) is 0 Å². The number of carbonyl (C=O) groups excluding carboxylic acids is 1. The van der Waals surface area contributed by atoms with Gasteiger partial charge >= 0.3 is 0 Å². The molecule has 4 saturated carbocycles. The number of aromatic nitrogens is 16. The van der Waals surface area contributed by atoms with Crippen LogP contribution >= 0.6 is 0 Å². The first-order valence-corrected chi connectivity index (χ1v) is 38.1. The van der Waals surface area contributed by atoms with Gasteiger partial charge < -0.3 is 14.3 Å². The van der Waals surface area contributed by atoms with Gasteiger partial charge in [-0.25, -0.2) is 41.3 Å². The largest absolute Gasteiger partial charge is 0.443 e. The highest BCUT2D eigenvalue weighted by molar-refractivity contribution is 5.75. The first-order valence-electron chi connectivity index (χ1n) is 38.1. The lowest BCUT2D eigenvalue weighted by Gasteiger charge is -2.37. The zero-order chi connectivity index (χ0) is 77.4. The van der Waals surface area contributed by atoms with Gasteiger partial charge in [0.2, 0.25) is 5.89 Å². The fourth-order valence-corrected chi connectivity index (χ4v) is 20.1. The van der Waals surface area contributed by atoms with Crippen molar-refractivity contribution < 1.29 is 40.7 Å². The third-order valence-electron chi connectivity index (χ3n) is 26.2. The van der Waals surface area contributed by atoms with Crippen LogP contribution in [0.3, 0.4) is 0 Å². The SMILES string of the molecule is CC(=O)CCc1coc(-c2cncc([C@@]34CC[C@@H](c5cc(-c6c(F)cccc6F)nnc53)C4(C)C)n2)n1.CC1CC(n2cc(-c3cncc([C@@]45CC[C@@H](c6cc(-c7c(F)cccc7F)nnc64)C5(C)C)n3)cn2)C1.CCC(CO)n1cc(-c2cccc([C@@]34CC[C@@H](c5cc(-c6c(F)cccc6F)nnc53)C4(C)C)n2)cn1. The average molecular weight is 1500 g/mol. The number of pyridine rings is 1. The molecule has 7 atom stereocenters. The van der Waals surface area contributed by atoms with Crippen molar-refractivity contribution in [2.75, 3.05) is 6.61 Å². The van der Waals surface area contributed by atoms with Crippen LogP contribution in [-0.4, -0.2) is 97.6 Å². The van der Waals surface area contributed by atoms with Crippen molar-refractivity contribution in [1.29, 1.82) is 0 Å². The number of oxazole rings is 1. The van der Waals surface area contributed by atoms with Gasteiger partial charge in [0.25, 0.3) is 0 Å². The fraction of sp³-hybridized carbons (Fsp3) is 0.384. The maximum atomic E-state index is 14.5. The Bertz CT molecular complexity index is 5610. The lowest BCUT2D eigenvalue weighted by Crippen LogP contribution is -2.38. The molecule has 1 N–H and O–H groups in total. The molecule has 6 bridgehead atoms. The van der Waals surface area contributed by atoms with E-state index in [4.69, 9.17) is 19.4 Å². The third kappa shape index (κ3) is 11.3. The number of hydrogen-bond acceptors (Lipinski definition) is 17. The second-order valence-electron chi connectivity index (χ2n) is 32.8. The Kier molecular flexibility index (Phi) is 17.9. The summed E-state index contributed by atoms with van der Waals surface area (Å²) in [5, 5.41) is 45.5. The van der Waals surface area contributed by atoms with Crippen LogP contribution in [0.15, 0.2) is 151 Å². The molecule has 7 aliphatic carbocycles. The number of rotatable bonds is 16. The predicted molar refractivity (Wildman–Crippen MR) is 401 cm³/mol. The van der Waals surface area contributed by atoms with E-state index in [-0.39, 0.29) is 86.2 Å². The zero-order valence-corrected chi connectivity index (χ0v) is 63.0. The Labute approximate surface area is 637 Å². The third-order valence-corrected chi connectivity index (χ3v) is 26.2.